The fourth-order valence-electron chi connectivity index (χ4n) is 2.33. The number of aromatic nitrogens is 1. The first-order valence-electron chi connectivity index (χ1n) is 7.48. The third kappa shape index (κ3) is 4.19. The number of carbonyl (C=O) groups is 2. The molecule has 0 spiro atoms. The Kier molecular flexibility index (Phi) is 5.05. The first-order chi connectivity index (χ1) is 10.3. The number of piperidine rings is 1. The van der Waals surface area contributed by atoms with Crippen molar-refractivity contribution in [1.29, 1.82) is 0 Å². The Hall–Kier alpha value is -1.63. The van der Waals surface area contributed by atoms with Crippen LogP contribution < -0.4 is 5.32 Å². The Labute approximate surface area is 134 Å². The summed E-state index contributed by atoms with van der Waals surface area (Å²) >= 11 is 1.55. The fraction of sp³-hybridized carbons (Fsp3) is 0.667. The summed E-state index contributed by atoms with van der Waals surface area (Å²) in [7, 11) is 0. The van der Waals surface area contributed by atoms with Crippen molar-refractivity contribution in [2.45, 2.75) is 45.6 Å². The van der Waals surface area contributed by atoms with Crippen LogP contribution in [-0.2, 0) is 16.8 Å². The van der Waals surface area contributed by atoms with Gasteiger partial charge in [0.15, 0.2) is 0 Å². The van der Waals surface area contributed by atoms with Gasteiger partial charge in [-0.05, 0) is 12.8 Å². The standard InChI is InChI=1S/C15H23N3O3S/c1-15(2,3)11-9-22-12(17-11)8-16-14(21)18-6-4-10(5-7-18)13(19)20/h9-10H,4-8H2,1-3H3,(H,16,21)(H,19,20). The minimum absolute atomic E-state index is 0.0114. The van der Waals surface area contributed by atoms with Crippen LogP contribution >= 0.6 is 11.3 Å². The molecule has 1 aliphatic heterocycles. The zero-order valence-corrected chi connectivity index (χ0v) is 14.1. The Balaban J connectivity index is 1.81. The Morgan fingerprint density at radius 2 is 2.05 bits per heavy atom. The van der Waals surface area contributed by atoms with E-state index in [1.807, 2.05) is 5.38 Å². The second kappa shape index (κ2) is 6.64. The molecule has 0 atom stereocenters. The molecule has 0 unspecified atom stereocenters. The molecule has 0 saturated carbocycles. The first-order valence-corrected chi connectivity index (χ1v) is 8.36. The van der Waals surface area contributed by atoms with E-state index >= 15 is 0 Å². The predicted octanol–water partition coefficient (Wildman–Crippen LogP) is 2.45. The maximum absolute atomic E-state index is 12.1. The molecule has 2 heterocycles. The summed E-state index contributed by atoms with van der Waals surface area (Å²) in [5.74, 6) is -1.09. The van der Waals surface area contributed by atoms with Gasteiger partial charge in [0.05, 0.1) is 18.2 Å². The highest BCUT2D eigenvalue weighted by Crippen LogP contribution is 2.24. The number of hydrogen-bond donors (Lipinski definition) is 2. The number of nitrogens with zero attached hydrogens (tertiary/aromatic N) is 2. The summed E-state index contributed by atoms with van der Waals surface area (Å²) in [6, 6.07) is -0.142. The summed E-state index contributed by atoms with van der Waals surface area (Å²) in [6.07, 6.45) is 1.04. The molecule has 0 radical (unpaired) electrons. The second-order valence-corrected chi connectivity index (χ2v) is 7.58. The van der Waals surface area contributed by atoms with E-state index in [4.69, 9.17) is 5.11 Å². The van der Waals surface area contributed by atoms with Gasteiger partial charge in [-0.25, -0.2) is 9.78 Å². The quantitative estimate of drug-likeness (QED) is 0.894. The molecule has 0 aliphatic carbocycles. The normalized spacial score (nSPS) is 16.6. The number of thiazole rings is 1. The van der Waals surface area contributed by atoms with E-state index in [0.717, 1.165) is 10.7 Å². The molecule has 1 aliphatic rings. The summed E-state index contributed by atoms with van der Waals surface area (Å²) in [5, 5.41) is 14.7. The summed E-state index contributed by atoms with van der Waals surface area (Å²) in [4.78, 5) is 29.2. The Bertz CT molecular complexity index is 542. The molecule has 0 bridgehead atoms. The number of carboxylic acid groups (broad SMARTS) is 1. The molecule has 6 nitrogen and oxygen atoms in total. The van der Waals surface area contributed by atoms with Gasteiger partial charge in [0, 0.05) is 23.9 Å². The van der Waals surface area contributed by atoms with E-state index in [2.05, 4.69) is 31.1 Å². The van der Waals surface area contributed by atoms with Crippen LogP contribution in [0.4, 0.5) is 4.79 Å². The zero-order chi connectivity index (χ0) is 16.3. The topological polar surface area (TPSA) is 82.5 Å². The first kappa shape index (κ1) is 16.7. The van der Waals surface area contributed by atoms with Crippen molar-refractivity contribution in [3.63, 3.8) is 0 Å². The number of rotatable bonds is 3. The minimum Gasteiger partial charge on any atom is -0.481 e. The third-order valence-corrected chi connectivity index (χ3v) is 4.69. The van der Waals surface area contributed by atoms with Crippen molar-refractivity contribution in [3.8, 4) is 0 Å². The molecule has 122 valence electrons. The van der Waals surface area contributed by atoms with Crippen LogP contribution in [0, 0.1) is 5.92 Å². The van der Waals surface area contributed by atoms with E-state index in [1.165, 1.54) is 0 Å². The van der Waals surface area contributed by atoms with Gasteiger partial charge in [0.1, 0.15) is 5.01 Å². The molecule has 1 aromatic rings. The molecule has 2 amide bonds. The number of urea groups is 1. The number of hydrogen-bond acceptors (Lipinski definition) is 4. The average molecular weight is 325 g/mol. The van der Waals surface area contributed by atoms with E-state index < -0.39 is 5.97 Å². The lowest BCUT2D eigenvalue weighted by Crippen LogP contribution is -2.45. The van der Waals surface area contributed by atoms with Crippen LogP contribution in [0.3, 0.4) is 0 Å². The minimum atomic E-state index is -0.766. The highest BCUT2D eigenvalue weighted by atomic mass is 32.1. The van der Waals surface area contributed by atoms with Crippen molar-refractivity contribution < 1.29 is 14.7 Å². The molecule has 22 heavy (non-hydrogen) atoms. The van der Waals surface area contributed by atoms with Crippen molar-refractivity contribution in [3.05, 3.63) is 16.1 Å². The van der Waals surface area contributed by atoms with E-state index in [-0.39, 0.29) is 17.4 Å². The molecule has 2 rings (SSSR count). The highest BCUT2D eigenvalue weighted by Gasteiger charge is 2.27. The van der Waals surface area contributed by atoms with Crippen LogP contribution in [0.5, 0.6) is 0 Å². The van der Waals surface area contributed by atoms with Gasteiger partial charge in [-0.2, -0.15) is 0 Å². The van der Waals surface area contributed by atoms with Crippen molar-refractivity contribution >= 4 is 23.3 Å². The molecule has 1 saturated heterocycles. The van der Waals surface area contributed by atoms with Gasteiger partial charge >= 0.3 is 12.0 Å². The van der Waals surface area contributed by atoms with Gasteiger partial charge < -0.3 is 15.3 Å². The van der Waals surface area contributed by atoms with Crippen LogP contribution in [0.25, 0.3) is 0 Å². The van der Waals surface area contributed by atoms with E-state index in [9.17, 15) is 9.59 Å². The van der Waals surface area contributed by atoms with Crippen LogP contribution in [-0.4, -0.2) is 40.1 Å². The Morgan fingerprint density at radius 3 is 2.55 bits per heavy atom. The Morgan fingerprint density at radius 1 is 1.41 bits per heavy atom. The lowest BCUT2D eigenvalue weighted by molar-refractivity contribution is -0.143. The molecule has 7 heteroatoms. The maximum Gasteiger partial charge on any atom is 0.317 e. The monoisotopic (exact) mass is 325 g/mol. The largest absolute Gasteiger partial charge is 0.481 e. The van der Waals surface area contributed by atoms with Crippen LogP contribution in [0.1, 0.15) is 44.3 Å². The van der Waals surface area contributed by atoms with Gasteiger partial charge in [-0.15, -0.1) is 11.3 Å². The molecular formula is C15H23N3O3S. The maximum atomic E-state index is 12.1. The molecule has 2 N–H and O–H groups in total. The van der Waals surface area contributed by atoms with Gasteiger partial charge in [-0.3, -0.25) is 4.79 Å². The summed E-state index contributed by atoms with van der Waals surface area (Å²) < 4.78 is 0. The predicted molar refractivity (Wildman–Crippen MR) is 85.0 cm³/mol. The number of carboxylic acids is 1. The molecule has 1 aromatic heterocycles. The lowest BCUT2D eigenvalue weighted by Gasteiger charge is -2.30. The second-order valence-electron chi connectivity index (χ2n) is 6.63. The van der Waals surface area contributed by atoms with E-state index in [1.54, 1.807) is 16.2 Å². The number of amides is 2. The van der Waals surface area contributed by atoms with Crippen LogP contribution in [0.2, 0.25) is 0 Å². The molecule has 1 fully saturated rings. The van der Waals surface area contributed by atoms with Gasteiger partial charge in [0.2, 0.25) is 0 Å². The fourth-order valence-corrected chi connectivity index (χ4v) is 3.29. The lowest BCUT2D eigenvalue weighted by atomic mass is 9.93. The number of carbonyl (C=O) groups excluding carboxylic acids is 1. The van der Waals surface area contributed by atoms with Crippen molar-refractivity contribution in [2.75, 3.05) is 13.1 Å². The molecule has 0 aromatic carbocycles. The number of likely N-dealkylation sites (tertiary alicyclic amines) is 1. The van der Waals surface area contributed by atoms with Gasteiger partial charge in [0.25, 0.3) is 0 Å². The number of nitrogens with one attached hydrogen (secondary N) is 1. The van der Waals surface area contributed by atoms with Crippen molar-refractivity contribution in [2.24, 2.45) is 5.92 Å². The van der Waals surface area contributed by atoms with Crippen LogP contribution in [0.15, 0.2) is 5.38 Å². The van der Waals surface area contributed by atoms with E-state index in [0.29, 0.717) is 32.5 Å². The summed E-state index contributed by atoms with van der Waals surface area (Å²) in [5.41, 5.74) is 1.04. The average Bonchev–Trinajstić information content (AvgIpc) is 2.94. The number of aliphatic carboxylic acids is 1. The smallest absolute Gasteiger partial charge is 0.317 e. The zero-order valence-electron chi connectivity index (χ0n) is 13.3. The van der Waals surface area contributed by atoms with Crippen molar-refractivity contribution in [1.82, 2.24) is 15.2 Å². The SMILES string of the molecule is CC(C)(C)c1csc(CNC(=O)N2CCC(C(=O)O)CC2)n1. The molecular weight excluding hydrogens is 302 g/mol. The highest BCUT2D eigenvalue weighted by molar-refractivity contribution is 7.09. The van der Waals surface area contributed by atoms with Gasteiger partial charge in [-0.1, -0.05) is 20.8 Å². The third-order valence-electron chi connectivity index (χ3n) is 3.84. The summed E-state index contributed by atoms with van der Waals surface area (Å²) in [6.45, 7) is 7.73.